The lowest BCUT2D eigenvalue weighted by Crippen LogP contribution is -2.14. The quantitative estimate of drug-likeness (QED) is 0.797. The molecule has 0 aliphatic rings. The maximum Gasteiger partial charge on any atom is 0.133 e. The van der Waals surface area contributed by atoms with E-state index in [1.54, 1.807) is 0 Å². The number of pyridine rings is 1. The molecular formula is C14H16BrClN2. The number of nitrogens with zero attached hydrogens (tertiary/aromatic N) is 1. The van der Waals surface area contributed by atoms with E-state index in [9.17, 15) is 0 Å². The summed E-state index contributed by atoms with van der Waals surface area (Å²) < 4.78 is 1.08. The highest BCUT2D eigenvalue weighted by atomic mass is 79.9. The van der Waals surface area contributed by atoms with Crippen molar-refractivity contribution in [2.75, 3.05) is 11.9 Å². The first-order valence-corrected chi connectivity index (χ1v) is 7.36. The lowest BCUT2D eigenvalue weighted by molar-refractivity contribution is 0.751. The zero-order valence-corrected chi connectivity index (χ0v) is 12.6. The van der Waals surface area contributed by atoms with Crippen molar-refractivity contribution in [3.63, 3.8) is 0 Å². The van der Waals surface area contributed by atoms with Crippen LogP contribution in [0.5, 0.6) is 0 Å². The number of halogens is 2. The first-order valence-electron chi connectivity index (χ1n) is 6.13. The Hall–Kier alpha value is -0.800. The number of benzene rings is 1. The smallest absolute Gasteiger partial charge is 0.133 e. The average Bonchev–Trinajstić information content (AvgIpc) is 2.37. The highest BCUT2D eigenvalue weighted by Crippen LogP contribution is 2.27. The first-order chi connectivity index (χ1) is 8.72. The van der Waals surface area contributed by atoms with Gasteiger partial charge in [-0.2, -0.15) is 0 Å². The second-order valence-electron chi connectivity index (χ2n) is 4.26. The van der Waals surface area contributed by atoms with Gasteiger partial charge in [-0.05, 0) is 18.6 Å². The normalized spacial score (nSPS) is 12.6. The van der Waals surface area contributed by atoms with Crippen LogP contribution in [-0.2, 0) is 0 Å². The molecule has 2 aromatic rings. The number of rotatable bonds is 5. The molecule has 1 unspecified atom stereocenters. The van der Waals surface area contributed by atoms with E-state index >= 15 is 0 Å². The summed E-state index contributed by atoms with van der Waals surface area (Å²) in [7, 11) is 0. The number of nitrogens with one attached hydrogen (secondary N) is 1. The SMILES string of the molecule is CCCC(Cl)CNc1nccc2c(Br)cccc12. The predicted molar refractivity (Wildman–Crippen MR) is 82.5 cm³/mol. The van der Waals surface area contributed by atoms with Crippen LogP contribution in [0.4, 0.5) is 5.82 Å². The van der Waals surface area contributed by atoms with E-state index in [0.717, 1.165) is 40.4 Å². The molecule has 0 saturated carbocycles. The van der Waals surface area contributed by atoms with Gasteiger partial charge >= 0.3 is 0 Å². The third-order valence-electron chi connectivity index (χ3n) is 2.85. The van der Waals surface area contributed by atoms with Crippen molar-refractivity contribution < 1.29 is 0 Å². The van der Waals surface area contributed by atoms with E-state index in [-0.39, 0.29) is 5.38 Å². The summed E-state index contributed by atoms with van der Waals surface area (Å²) in [4.78, 5) is 4.39. The Morgan fingerprint density at radius 3 is 2.94 bits per heavy atom. The summed E-state index contributed by atoms with van der Waals surface area (Å²) in [5.41, 5.74) is 0. The van der Waals surface area contributed by atoms with Crippen LogP contribution < -0.4 is 5.32 Å². The van der Waals surface area contributed by atoms with Gasteiger partial charge < -0.3 is 5.32 Å². The van der Waals surface area contributed by atoms with Crippen molar-refractivity contribution in [1.82, 2.24) is 4.98 Å². The molecule has 1 heterocycles. The van der Waals surface area contributed by atoms with Gasteiger partial charge in [0.25, 0.3) is 0 Å². The van der Waals surface area contributed by atoms with Gasteiger partial charge in [-0.3, -0.25) is 0 Å². The topological polar surface area (TPSA) is 24.9 Å². The fourth-order valence-corrected chi connectivity index (χ4v) is 2.73. The van der Waals surface area contributed by atoms with Crippen LogP contribution in [0.1, 0.15) is 19.8 Å². The van der Waals surface area contributed by atoms with E-state index in [4.69, 9.17) is 11.6 Å². The van der Waals surface area contributed by atoms with E-state index in [1.165, 1.54) is 0 Å². The number of alkyl halides is 1. The van der Waals surface area contributed by atoms with Gasteiger partial charge in [-0.25, -0.2) is 4.98 Å². The summed E-state index contributed by atoms with van der Waals surface area (Å²) in [6.07, 6.45) is 3.94. The Morgan fingerprint density at radius 2 is 2.17 bits per heavy atom. The highest BCUT2D eigenvalue weighted by molar-refractivity contribution is 9.10. The van der Waals surface area contributed by atoms with Crippen molar-refractivity contribution >= 4 is 44.1 Å². The fourth-order valence-electron chi connectivity index (χ4n) is 1.93. The Morgan fingerprint density at radius 1 is 1.33 bits per heavy atom. The number of hydrogen-bond donors (Lipinski definition) is 1. The van der Waals surface area contributed by atoms with Gasteiger partial charge in [-0.15, -0.1) is 11.6 Å². The minimum atomic E-state index is 0.152. The van der Waals surface area contributed by atoms with E-state index in [1.807, 2.05) is 24.4 Å². The number of aromatic nitrogens is 1. The number of anilines is 1. The number of hydrogen-bond acceptors (Lipinski definition) is 2. The van der Waals surface area contributed by atoms with Crippen LogP contribution >= 0.6 is 27.5 Å². The molecule has 1 aromatic heterocycles. The van der Waals surface area contributed by atoms with Crippen LogP contribution in [0, 0.1) is 0 Å². The van der Waals surface area contributed by atoms with Gasteiger partial charge in [0.15, 0.2) is 0 Å². The summed E-state index contributed by atoms with van der Waals surface area (Å²) in [5.74, 6) is 0.899. The maximum absolute atomic E-state index is 6.21. The van der Waals surface area contributed by atoms with E-state index in [0.29, 0.717) is 0 Å². The molecule has 1 aromatic carbocycles. The standard InChI is InChI=1S/C14H16BrClN2/c1-2-4-10(16)9-18-14-12-5-3-6-13(15)11(12)7-8-17-14/h3,5-8,10H,2,4,9H2,1H3,(H,17,18). The van der Waals surface area contributed by atoms with Gasteiger partial charge in [0.05, 0.1) is 5.38 Å². The molecule has 0 aliphatic carbocycles. The molecule has 0 aliphatic heterocycles. The summed E-state index contributed by atoms with van der Waals surface area (Å²) in [6.45, 7) is 2.89. The van der Waals surface area contributed by atoms with Crippen molar-refractivity contribution in [2.24, 2.45) is 0 Å². The monoisotopic (exact) mass is 326 g/mol. The zero-order chi connectivity index (χ0) is 13.0. The molecule has 0 radical (unpaired) electrons. The largest absolute Gasteiger partial charge is 0.368 e. The van der Waals surface area contributed by atoms with Crippen molar-refractivity contribution in [1.29, 1.82) is 0 Å². The molecule has 1 N–H and O–H groups in total. The maximum atomic E-state index is 6.21. The van der Waals surface area contributed by atoms with E-state index < -0.39 is 0 Å². The average molecular weight is 328 g/mol. The zero-order valence-electron chi connectivity index (χ0n) is 10.3. The molecule has 1 atom stereocenters. The minimum Gasteiger partial charge on any atom is -0.368 e. The molecular weight excluding hydrogens is 312 g/mol. The summed E-state index contributed by atoms with van der Waals surface area (Å²) >= 11 is 9.77. The minimum absolute atomic E-state index is 0.152. The summed E-state index contributed by atoms with van der Waals surface area (Å²) in [5, 5.41) is 5.77. The highest BCUT2D eigenvalue weighted by Gasteiger charge is 2.07. The van der Waals surface area contributed by atoms with Crippen LogP contribution in [-0.4, -0.2) is 16.9 Å². The molecule has 0 fully saturated rings. The van der Waals surface area contributed by atoms with Crippen LogP contribution in [0.15, 0.2) is 34.9 Å². The summed E-state index contributed by atoms with van der Waals surface area (Å²) in [6, 6.07) is 8.13. The Bertz CT molecular complexity index is 530. The predicted octanol–water partition coefficient (Wildman–Crippen LogP) is 4.82. The molecule has 0 spiro atoms. The molecule has 2 nitrogen and oxygen atoms in total. The Kier molecular flexibility index (Phi) is 4.84. The molecule has 0 amide bonds. The van der Waals surface area contributed by atoms with Crippen molar-refractivity contribution in [3.05, 3.63) is 34.9 Å². The van der Waals surface area contributed by atoms with Crippen LogP contribution in [0.3, 0.4) is 0 Å². The van der Waals surface area contributed by atoms with E-state index in [2.05, 4.69) is 39.2 Å². The van der Waals surface area contributed by atoms with Crippen LogP contribution in [0.2, 0.25) is 0 Å². The molecule has 96 valence electrons. The van der Waals surface area contributed by atoms with Crippen LogP contribution in [0.25, 0.3) is 10.8 Å². The second-order valence-corrected chi connectivity index (χ2v) is 5.73. The molecule has 0 saturated heterocycles. The number of fused-ring (bicyclic) bond motifs is 1. The van der Waals surface area contributed by atoms with Gasteiger partial charge in [0.2, 0.25) is 0 Å². The van der Waals surface area contributed by atoms with Gasteiger partial charge in [-0.1, -0.05) is 41.4 Å². The lowest BCUT2D eigenvalue weighted by atomic mass is 10.1. The fraction of sp³-hybridized carbons (Fsp3) is 0.357. The lowest BCUT2D eigenvalue weighted by Gasteiger charge is -2.12. The Labute approximate surface area is 121 Å². The third-order valence-corrected chi connectivity index (χ3v) is 3.91. The Balaban J connectivity index is 2.21. The van der Waals surface area contributed by atoms with Gasteiger partial charge in [0.1, 0.15) is 5.82 Å². The molecule has 0 bridgehead atoms. The third kappa shape index (κ3) is 3.15. The van der Waals surface area contributed by atoms with Crippen molar-refractivity contribution in [3.8, 4) is 0 Å². The second kappa shape index (κ2) is 6.39. The van der Waals surface area contributed by atoms with Crippen molar-refractivity contribution in [2.45, 2.75) is 25.1 Å². The molecule has 18 heavy (non-hydrogen) atoms. The molecule has 4 heteroatoms. The molecule has 2 rings (SSSR count). The first kappa shape index (κ1) is 13.6. The van der Waals surface area contributed by atoms with Gasteiger partial charge in [0, 0.05) is 28.0 Å².